The van der Waals surface area contributed by atoms with Crippen LogP contribution in [0.25, 0.3) is 0 Å². The largest absolute Gasteiger partial charge is 0.394 e. The van der Waals surface area contributed by atoms with Crippen molar-refractivity contribution in [2.75, 3.05) is 78.8 Å². The van der Waals surface area contributed by atoms with Crippen molar-refractivity contribution in [3.05, 3.63) is 0 Å². The summed E-state index contributed by atoms with van der Waals surface area (Å²) in [5.74, 6) is -4.70. The number of aliphatic hydroxyl groups is 13. The van der Waals surface area contributed by atoms with Gasteiger partial charge in [0.05, 0.1) is 58.8 Å². The Morgan fingerprint density at radius 3 is 1.44 bits per heavy atom. The van der Waals surface area contributed by atoms with E-state index in [2.05, 4.69) is 21.3 Å². The van der Waals surface area contributed by atoms with E-state index in [1.165, 1.54) is 6.92 Å². The summed E-state index contributed by atoms with van der Waals surface area (Å²) in [7, 11) is 0. The first-order valence-electron chi connectivity index (χ1n) is 26.4. The molecule has 36 heteroatoms. The predicted octanol–water partition coefficient (Wildman–Crippen LogP) is -12.3. The Bertz CT molecular complexity index is 2050. The first-order chi connectivity index (χ1) is 38.9. The molecule has 5 fully saturated rings. The second-order valence-electron chi connectivity index (χ2n) is 19.7. The van der Waals surface area contributed by atoms with Crippen LogP contribution < -0.4 is 26.7 Å². The molecule has 5 aliphatic heterocycles. The SMILES string of the molecule is C[C@@H]1O[C@@H](OCCNC(=O)CCCNC(=O)CN(CC(=O)NCCCC(=O)NCCO[C@H]2O[C@H](CO[C@H]3O[C@H](CO)[C@@H](O)[C@H](O)[C@@H]3O)[C@@H](O)[C@H](O[C@H]3O[C@H](CO)[C@@H](O)[C@H](O)[C@@H]3O)[C@@H]2O)CC(=O)NON2C(=O)CCC2=O)[C@@H](O)[C@H](O)[C@@H]1O. The highest BCUT2D eigenvalue weighted by atomic mass is 16.8. The van der Waals surface area contributed by atoms with Gasteiger partial charge in [0.2, 0.25) is 23.6 Å². The summed E-state index contributed by atoms with van der Waals surface area (Å²) in [5, 5.41) is 144. The van der Waals surface area contributed by atoms with Crippen LogP contribution in [0.5, 0.6) is 0 Å². The molecule has 36 nitrogen and oxygen atoms in total. The quantitative estimate of drug-likeness (QED) is 0.0174. The fourth-order valence-corrected chi connectivity index (χ4v) is 8.76. The second-order valence-corrected chi connectivity index (χ2v) is 19.7. The number of rotatable bonds is 31. The molecule has 0 spiro atoms. The molecule has 7 amide bonds. The van der Waals surface area contributed by atoms with Crippen LogP contribution >= 0.6 is 0 Å². The lowest BCUT2D eigenvalue weighted by atomic mass is 9.96. The highest BCUT2D eigenvalue weighted by molar-refractivity contribution is 6.00. The maximum absolute atomic E-state index is 13.0. The number of hydroxylamine groups is 3. The van der Waals surface area contributed by atoms with Crippen molar-refractivity contribution in [2.45, 2.75) is 168 Å². The molecule has 0 aromatic carbocycles. The minimum Gasteiger partial charge on any atom is -0.394 e. The number of nitrogens with one attached hydrogen (secondary N) is 5. The molecular weight excluding hydrogens is 1110 g/mol. The molecule has 0 aliphatic carbocycles. The van der Waals surface area contributed by atoms with Gasteiger partial charge in [-0.1, -0.05) is 0 Å². The molecule has 18 N–H and O–H groups in total. The van der Waals surface area contributed by atoms with Gasteiger partial charge < -0.3 is 126 Å². The van der Waals surface area contributed by atoms with Crippen molar-refractivity contribution in [3.8, 4) is 0 Å². The Labute approximate surface area is 467 Å². The van der Waals surface area contributed by atoms with Gasteiger partial charge in [0.1, 0.15) is 91.6 Å². The zero-order valence-electron chi connectivity index (χ0n) is 44.5. The molecule has 5 rings (SSSR count). The van der Waals surface area contributed by atoms with Crippen molar-refractivity contribution in [3.63, 3.8) is 0 Å². The highest BCUT2D eigenvalue weighted by Crippen LogP contribution is 2.31. The molecule has 20 atom stereocenters. The van der Waals surface area contributed by atoms with Crippen LogP contribution in [0.1, 0.15) is 45.4 Å². The molecule has 5 aliphatic rings. The molecule has 0 aromatic rings. The zero-order valence-corrected chi connectivity index (χ0v) is 44.5. The summed E-state index contributed by atoms with van der Waals surface area (Å²) in [6, 6.07) is 0. The fourth-order valence-electron chi connectivity index (χ4n) is 8.76. The fraction of sp³-hybridized carbons (Fsp3) is 0.848. The van der Waals surface area contributed by atoms with Gasteiger partial charge in [-0.05, 0) is 19.8 Å². The number of carbonyl (C=O) groups excluding carboxylic acids is 7. The first kappa shape index (κ1) is 68.4. The van der Waals surface area contributed by atoms with Gasteiger partial charge in [-0.25, -0.2) is 5.48 Å². The average molecular weight is 1190 g/mol. The van der Waals surface area contributed by atoms with Gasteiger partial charge in [0, 0.05) is 51.9 Å². The van der Waals surface area contributed by atoms with E-state index in [1.54, 1.807) is 0 Å². The van der Waals surface area contributed by atoms with Crippen molar-refractivity contribution in [1.82, 2.24) is 36.7 Å². The second kappa shape index (κ2) is 33.3. The molecule has 5 heterocycles. The molecule has 82 heavy (non-hydrogen) atoms. The number of hydrogen-bond donors (Lipinski definition) is 18. The predicted molar refractivity (Wildman–Crippen MR) is 261 cm³/mol. The van der Waals surface area contributed by atoms with Crippen LogP contribution in [0, 0.1) is 0 Å². The van der Waals surface area contributed by atoms with Gasteiger partial charge in [-0.2, -0.15) is 0 Å². The van der Waals surface area contributed by atoms with Crippen molar-refractivity contribution >= 4 is 41.4 Å². The van der Waals surface area contributed by atoms with E-state index in [0.29, 0.717) is 5.06 Å². The number of hydrogen-bond acceptors (Lipinski definition) is 30. The summed E-state index contributed by atoms with van der Waals surface area (Å²) in [6.07, 6.45) is -33.0. The van der Waals surface area contributed by atoms with E-state index in [4.69, 9.17) is 42.8 Å². The molecule has 0 unspecified atom stereocenters. The molecule has 0 radical (unpaired) electrons. The van der Waals surface area contributed by atoms with E-state index in [0.717, 1.165) is 4.90 Å². The van der Waals surface area contributed by atoms with Gasteiger partial charge in [-0.3, -0.25) is 38.5 Å². The van der Waals surface area contributed by atoms with Crippen LogP contribution in [0.3, 0.4) is 0 Å². The van der Waals surface area contributed by atoms with E-state index >= 15 is 0 Å². The third-order valence-corrected chi connectivity index (χ3v) is 13.4. The first-order valence-corrected chi connectivity index (χ1v) is 26.4. The topological polar surface area (TPSA) is 532 Å². The summed E-state index contributed by atoms with van der Waals surface area (Å²) in [4.78, 5) is 93.5. The summed E-state index contributed by atoms with van der Waals surface area (Å²) in [6.45, 7) is -3.41. The third-order valence-electron chi connectivity index (χ3n) is 13.4. The number of amides is 7. The van der Waals surface area contributed by atoms with Gasteiger partial charge in [0.25, 0.3) is 17.7 Å². The molecule has 470 valence electrons. The van der Waals surface area contributed by atoms with E-state index in [1.807, 2.05) is 5.48 Å². The summed E-state index contributed by atoms with van der Waals surface area (Å²) in [5.41, 5.74) is 1.92. The third kappa shape index (κ3) is 19.6. The maximum atomic E-state index is 13.0. The van der Waals surface area contributed by atoms with E-state index in [-0.39, 0.29) is 77.9 Å². The number of carbonyl (C=O) groups is 7. The van der Waals surface area contributed by atoms with Gasteiger partial charge in [0.15, 0.2) is 25.2 Å². The van der Waals surface area contributed by atoms with Crippen molar-refractivity contribution in [1.29, 1.82) is 0 Å². The lowest BCUT2D eigenvalue weighted by Crippen LogP contribution is -2.65. The smallest absolute Gasteiger partial charge is 0.259 e. The van der Waals surface area contributed by atoms with Gasteiger partial charge >= 0.3 is 0 Å². The number of nitrogens with zero attached hydrogens (tertiary/aromatic N) is 2. The molecule has 5 saturated heterocycles. The monoisotopic (exact) mass is 1190 g/mol. The number of imide groups is 1. The van der Waals surface area contributed by atoms with Crippen LogP contribution in [0.4, 0.5) is 0 Å². The minimum absolute atomic E-state index is 0.00110. The Morgan fingerprint density at radius 1 is 0.500 bits per heavy atom. The maximum Gasteiger partial charge on any atom is 0.259 e. The number of ether oxygens (including phenoxy) is 8. The lowest BCUT2D eigenvalue weighted by Gasteiger charge is -2.46. The normalized spacial score (nSPS) is 35.1. The van der Waals surface area contributed by atoms with Crippen LogP contribution in [-0.2, 0) is 76.4 Å². The Balaban J connectivity index is 1.05. The van der Waals surface area contributed by atoms with E-state index in [9.17, 15) is 99.9 Å². The lowest BCUT2D eigenvalue weighted by molar-refractivity contribution is -0.366. The van der Waals surface area contributed by atoms with Crippen molar-refractivity contribution < 1.29 is 143 Å². The van der Waals surface area contributed by atoms with E-state index < -0.39 is 204 Å². The van der Waals surface area contributed by atoms with Crippen LogP contribution in [0.2, 0.25) is 0 Å². The van der Waals surface area contributed by atoms with Crippen LogP contribution in [-0.4, -0.2) is 319 Å². The highest BCUT2D eigenvalue weighted by Gasteiger charge is 2.52. The minimum atomic E-state index is -1.97. The summed E-state index contributed by atoms with van der Waals surface area (Å²) >= 11 is 0. The Kier molecular flexibility index (Phi) is 27.8. The molecule has 0 aromatic heterocycles. The van der Waals surface area contributed by atoms with Gasteiger partial charge in [-0.15, -0.1) is 10.0 Å². The Hall–Kier alpha value is -4.43. The summed E-state index contributed by atoms with van der Waals surface area (Å²) < 4.78 is 44.0. The molecule has 0 saturated carbocycles. The average Bonchev–Trinajstić information content (AvgIpc) is 3.82. The van der Waals surface area contributed by atoms with Crippen molar-refractivity contribution in [2.24, 2.45) is 0 Å². The molecule has 0 bridgehead atoms. The zero-order chi connectivity index (χ0) is 60.4. The Morgan fingerprint density at radius 2 is 0.927 bits per heavy atom. The standard InChI is InChI=1S/C46H77N7O29/c1-20-31(63)35(67)38(70)43(77-20)74-12-10-49-24(56)4-2-8-47-26(58)14-52(16-28(60)51-82-53-29(61)6-7-30(53)62)15-27(59)48-9-3-5-25(57)50-11-13-75-45-41(73)42(81-46-40(72)37(69)33(65)22(18-55)79-46)34(66)23(80-45)19-76-44-39(71)36(68)32(64)21(17-54)78-44/h20-23,31-46,54-55,63-73H,2-19H2,1H3,(H,47,58)(H,48,59)(H,49,56)(H,50,57)(H,51,60)/t20-,21+,22+,23+,31+,32+,33+,34+,35+,36-,37-,38-,39-,40-,41-,42-,43+,44-,45-,46+/m0/s1. The number of aliphatic hydroxyl groups excluding tert-OH is 13. The molecular formula is C46H77N7O29. The van der Waals surface area contributed by atoms with Crippen LogP contribution in [0.15, 0.2) is 0 Å².